The lowest BCUT2D eigenvalue weighted by atomic mass is 9.59. The third-order valence-electron chi connectivity index (χ3n) is 6.13. The number of benzene rings is 1. The largest absolute Gasteiger partial charge is 0.381 e. The van der Waals surface area contributed by atoms with Crippen molar-refractivity contribution >= 4 is 5.91 Å². The molecule has 1 aliphatic carbocycles. The SMILES string of the molecule is COC1(C(C)NC(=O)C2CC(C)(c3ccccc3)C2)CCOCC1. The summed E-state index contributed by atoms with van der Waals surface area (Å²) >= 11 is 0. The van der Waals surface area contributed by atoms with Gasteiger partial charge in [0, 0.05) is 39.1 Å². The third-order valence-corrected chi connectivity index (χ3v) is 6.13. The van der Waals surface area contributed by atoms with Gasteiger partial charge in [-0.3, -0.25) is 4.79 Å². The first-order chi connectivity index (χ1) is 11.5. The van der Waals surface area contributed by atoms with Crippen molar-refractivity contribution in [1.82, 2.24) is 5.32 Å². The van der Waals surface area contributed by atoms with Crippen molar-refractivity contribution in [2.24, 2.45) is 5.92 Å². The van der Waals surface area contributed by atoms with E-state index in [1.807, 2.05) is 6.07 Å². The summed E-state index contributed by atoms with van der Waals surface area (Å²) in [5, 5.41) is 3.21. The quantitative estimate of drug-likeness (QED) is 0.902. The summed E-state index contributed by atoms with van der Waals surface area (Å²) in [7, 11) is 1.74. The molecule has 3 rings (SSSR count). The summed E-state index contributed by atoms with van der Waals surface area (Å²) in [6.07, 6.45) is 3.49. The standard InChI is InChI=1S/C20H29NO3/c1-15(20(23-3)9-11-24-12-10-20)21-18(22)16-13-19(2,14-16)17-7-5-4-6-8-17/h4-8,15-16H,9-14H2,1-3H3,(H,21,22). The number of hydrogen-bond donors (Lipinski definition) is 1. The number of rotatable bonds is 5. The Morgan fingerprint density at radius 2 is 1.88 bits per heavy atom. The Hall–Kier alpha value is -1.39. The number of carbonyl (C=O) groups is 1. The van der Waals surface area contributed by atoms with E-state index in [1.54, 1.807) is 7.11 Å². The highest BCUT2D eigenvalue weighted by Crippen LogP contribution is 2.47. The second-order valence-corrected chi connectivity index (χ2v) is 7.64. The number of methoxy groups -OCH3 is 1. The second kappa shape index (κ2) is 6.85. The molecule has 1 N–H and O–H groups in total. The monoisotopic (exact) mass is 331 g/mol. The van der Waals surface area contributed by atoms with Crippen LogP contribution in [0.3, 0.4) is 0 Å². The molecule has 2 aliphatic rings. The van der Waals surface area contributed by atoms with Crippen LogP contribution in [0.2, 0.25) is 0 Å². The average Bonchev–Trinajstić information content (AvgIpc) is 2.60. The van der Waals surface area contributed by atoms with Gasteiger partial charge in [0.1, 0.15) is 0 Å². The highest BCUT2D eigenvalue weighted by molar-refractivity contribution is 5.80. The van der Waals surface area contributed by atoms with Crippen molar-refractivity contribution in [3.63, 3.8) is 0 Å². The zero-order chi connectivity index (χ0) is 17.2. The minimum absolute atomic E-state index is 0.00230. The number of ether oxygens (including phenoxy) is 2. The molecule has 1 heterocycles. The van der Waals surface area contributed by atoms with Gasteiger partial charge in [0.25, 0.3) is 0 Å². The van der Waals surface area contributed by atoms with Crippen LogP contribution in [-0.4, -0.2) is 37.9 Å². The molecule has 0 aromatic heterocycles. The van der Waals surface area contributed by atoms with E-state index < -0.39 is 0 Å². The van der Waals surface area contributed by atoms with E-state index in [0.717, 1.165) is 25.7 Å². The van der Waals surface area contributed by atoms with E-state index in [9.17, 15) is 4.79 Å². The van der Waals surface area contributed by atoms with Crippen LogP contribution in [0.5, 0.6) is 0 Å². The van der Waals surface area contributed by atoms with E-state index in [2.05, 4.69) is 43.4 Å². The number of carbonyl (C=O) groups excluding carboxylic acids is 1. The van der Waals surface area contributed by atoms with E-state index in [-0.39, 0.29) is 28.9 Å². The van der Waals surface area contributed by atoms with Gasteiger partial charge in [0.15, 0.2) is 0 Å². The van der Waals surface area contributed by atoms with Crippen LogP contribution in [0.15, 0.2) is 30.3 Å². The molecule has 1 unspecified atom stereocenters. The Balaban J connectivity index is 1.57. The Morgan fingerprint density at radius 3 is 2.46 bits per heavy atom. The van der Waals surface area contributed by atoms with Gasteiger partial charge in [-0.1, -0.05) is 37.3 Å². The van der Waals surface area contributed by atoms with Crippen molar-refractivity contribution in [2.45, 2.75) is 56.6 Å². The normalized spacial score (nSPS) is 30.2. The van der Waals surface area contributed by atoms with E-state index in [1.165, 1.54) is 5.56 Å². The third kappa shape index (κ3) is 3.22. The fraction of sp³-hybridized carbons (Fsp3) is 0.650. The molecule has 4 nitrogen and oxygen atoms in total. The molecule has 2 fully saturated rings. The van der Waals surface area contributed by atoms with Gasteiger partial charge in [0.2, 0.25) is 5.91 Å². The van der Waals surface area contributed by atoms with E-state index in [0.29, 0.717) is 13.2 Å². The van der Waals surface area contributed by atoms with Gasteiger partial charge in [0.05, 0.1) is 11.6 Å². The predicted octanol–water partition coefficient (Wildman–Crippen LogP) is 3.05. The topological polar surface area (TPSA) is 47.6 Å². The van der Waals surface area contributed by atoms with Crippen molar-refractivity contribution in [3.05, 3.63) is 35.9 Å². The Labute approximate surface area is 144 Å². The molecule has 1 atom stereocenters. The van der Waals surface area contributed by atoms with Crippen molar-refractivity contribution in [1.29, 1.82) is 0 Å². The van der Waals surface area contributed by atoms with Crippen molar-refractivity contribution in [2.75, 3.05) is 20.3 Å². The zero-order valence-electron chi connectivity index (χ0n) is 15.0. The molecule has 1 aromatic carbocycles. The van der Waals surface area contributed by atoms with Gasteiger partial charge in [-0.25, -0.2) is 0 Å². The van der Waals surface area contributed by atoms with Crippen LogP contribution in [0.25, 0.3) is 0 Å². The first-order valence-electron chi connectivity index (χ1n) is 8.98. The smallest absolute Gasteiger partial charge is 0.223 e. The Bertz CT molecular complexity index is 560. The number of hydrogen-bond acceptors (Lipinski definition) is 3. The lowest BCUT2D eigenvalue weighted by Crippen LogP contribution is -2.57. The molecule has 0 radical (unpaired) electrons. The maximum Gasteiger partial charge on any atom is 0.223 e. The number of amides is 1. The molecule has 0 bridgehead atoms. The lowest BCUT2D eigenvalue weighted by molar-refractivity contribution is -0.138. The maximum atomic E-state index is 12.7. The molecule has 1 saturated carbocycles. The molecule has 1 aromatic rings. The van der Waals surface area contributed by atoms with Gasteiger partial charge >= 0.3 is 0 Å². The van der Waals surface area contributed by atoms with Gasteiger partial charge in [-0.2, -0.15) is 0 Å². The minimum atomic E-state index is -0.291. The molecular weight excluding hydrogens is 302 g/mol. The van der Waals surface area contributed by atoms with E-state index in [4.69, 9.17) is 9.47 Å². The first kappa shape index (κ1) is 17.4. The van der Waals surface area contributed by atoms with E-state index >= 15 is 0 Å². The van der Waals surface area contributed by atoms with Gasteiger partial charge in [-0.05, 0) is 30.7 Å². The second-order valence-electron chi connectivity index (χ2n) is 7.64. The minimum Gasteiger partial charge on any atom is -0.381 e. The van der Waals surface area contributed by atoms with Crippen LogP contribution in [0.4, 0.5) is 0 Å². The molecular formula is C20H29NO3. The summed E-state index contributed by atoms with van der Waals surface area (Å²) in [5.41, 5.74) is 1.17. The maximum absolute atomic E-state index is 12.7. The average molecular weight is 331 g/mol. The van der Waals surface area contributed by atoms with Gasteiger partial charge < -0.3 is 14.8 Å². The molecule has 0 spiro atoms. The summed E-state index contributed by atoms with van der Waals surface area (Å²) in [6.45, 7) is 5.71. The fourth-order valence-electron chi connectivity index (χ4n) is 4.28. The molecule has 24 heavy (non-hydrogen) atoms. The lowest BCUT2D eigenvalue weighted by Gasteiger charge is -2.46. The van der Waals surface area contributed by atoms with Crippen LogP contribution >= 0.6 is 0 Å². The summed E-state index contributed by atoms with van der Waals surface area (Å²) < 4.78 is 11.2. The van der Waals surface area contributed by atoms with Crippen molar-refractivity contribution < 1.29 is 14.3 Å². The summed E-state index contributed by atoms with van der Waals surface area (Å²) in [5.74, 6) is 0.269. The van der Waals surface area contributed by atoms with Crippen LogP contribution in [0, 0.1) is 5.92 Å². The highest BCUT2D eigenvalue weighted by Gasteiger charge is 2.46. The molecule has 1 saturated heterocycles. The first-order valence-corrected chi connectivity index (χ1v) is 8.98. The van der Waals surface area contributed by atoms with Crippen molar-refractivity contribution in [3.8, 4) is 0 Å². The zero-order valence-corrected chi connectivity index (χ0v) is 15.0. The highest BCUT2D eigenvalue weighted by atomic mass is 16.5. The van der Waals surface area contributed by atoms with Crippen LogP contribution in [0.1, 0.15) is 45.1 Å². The molecule has 4 heteroatoms. The molecule has 1 amide bonds. The fourth-order valence-corrected chi connectivity index (χ4v) is 4.28. The predicted molar refractivity (Wildman–Crippen MR) is 93.9 cm³/mol. The van der Waals surface area contributed by atoms with Crippen LogP contribution < -0.4 is 5.32 Å². The number of nitrogens with one attached hydrogen (secondary N) is 1. The summed E-state index contributed by atoms with van der Waals surface area (Å²) in [6, 6.07) is 10.5. The Kier molecular flexibility index (Phi) is 4.97. The molecule has 1 aliphatic heterocycles. The summed E-state index contributed by atoms with van der Waals surface area (Å²) in [4.78, 5) is 12.7. The van der Waals surface area contributed by atoms with Crippen LogP contribution in [-0.2, 0) is 19.7 Å². The van der Waals surface area contributed by atoms with Gasteiger partial charge in [-0.15, -0.1) is 0 Å². The Morgan fingerprint density at radius 1 is 1.25 bits per heavy atom. The molecule has 132 valence electrons.